The lowest BCUT2D eigenvalue weighted by atomic mass is 10.0. The molecule has 2 aromatic rings. The third-order valence-electron chi connectivity index (χ3n) is 6.23. The number of imidazole rings is 1. The minimum atomic E-state index is -0.757. The number of carbonyl (C=O) groups excluding carboxylic acids is 4. The summed E-state index contributed by atoms with van der Waals surface area (Å²) in [6.07, 6.45) is 3.33. The predicted octanol–water partition coefficient (Wildman–Crippen LogP) is 0.272. The summed E-state index contributed by atoms with van der Waals surface area (Å²) < 4.78 is 14.4. The molecular formula is C21H21FN6O4. The first-order chi connectivity index (χ1) is 15.4. The molecule has 4 heterocycles. The van der Waals surface area contributed by atoms with Crippen molar-refractivity contribution in [2.45, 2.75) is 25.4 Å². The fourth-order valence-corrected chi connectivity index (χ4v) is 4.58. The monoisotopic (exact) mass is 440 g/mol. The molecule has 4 amide bonds. The number of piperidine rings is 1. The number of H-pyrrole nitrogens is 1. The Morgan fingerprint density at radius 1 is 1.12 bits per heavy atom. The third-order valence-corrected chi connectivity index (χ3v) is 6.23. The maximum absolute atomic E-state index is 14.4. The lowest BCUT2D eigenvalue weighted by Gasteiger charge is -2.37. The molecule has 166 valence electrons. The highest BCUT2D eigenvalue weighted by Gasteiger charge is 2.41. The van der Waals surface area contributed by atoms with Gasteiger partial charge in [0.2, 0.25) is 11.8 Å². The van der Waals surface area contributed by atoms with Crippen LogP contribution < -0.4 is 10.2 Å². The average Bonchev–Trinajstić information content (AvgIpc) is 3.42. The van der Waals surface area contributed by atoms with Crippen LogP contribution in [0.15, 0.2) is 24.7 Å². The fraction of sp³-hybridized carbons (Fsp3) is 0.381. The van der Waals surface area contributed by atoms with Crippen molar-refractivity contribution >= 4 is 29.3 Å². The minimum absolute atomic E-state index is 0.147. The lowest BCUT2D eigenvalue weighted by molar-refractivity contribution is -0.136. The standard InChI is InChI=1S/C21H21FN6O4/c22-12-7-13-14(10-28(20(13)31)16-1-2-18(29)25-19(16)30)17(8-12)26-3-5-27(6-4-26)21(32)15-9-23-11-24-15/h7-9,11,16H,1-6,10H2,(H,23,24)(H,25,29,30). The Kier molecular flexibility index (Phi) is 4.87. The number of anilines is 1. The molecule has 3 aliphatic rings. The molecule has 0 spiro atoms. The molecule has 3 aliphatic heterocycles. The smallest absolute Gasteiger partial charge is 0.272 e. The summed E-state index contributed by atoms with van der Waals surface area (Å²) >= 11 is 0. The second-order valence-electron chi connectivity index (χ2n) is 8.10. The van der Waals surface area contributed by atoms with E-state index in [0.717, 1.165) is 0 Å². The number of aromatic nitrogens is 2. The van der Waals surface area contributed by atoms with Crippen LogP contribution in [0.3, 0.4) is 0 Å². The van der Waals surface area contributed by atoms with Gasteiger partial charge in [0.05, 0.1) is 12.5 Å². The second-order valence-corrected chi connectivity index (χ2v) is 8.10. The Hall–Kier alpha value is -3.76. The van der Waals surface area contributed by atoms with Crippen LogP contribution in [0.5, 0.6) is 0 Å². The molecule has 1 aromatic heterocycles. The number of hydrogen-bond acceptors (Lipinski definition) is 6. The molecule has 2 N–H and O–H groups in total. The first kappa shape index (κ1) is 20.2. The number of hydrogen-bond donors (Lipinski definition) is 2. The number of amides is 4. The highest BCUT2D eigenvalue weighted by atomic mass is 19.1. The number of rotatable bonds is 3. The normalized spacial score (nSPS) is 21.1. The lowest BCUT2D eigenvalue weighted by Crippen LogP contribution is -2.52. The molecule has 10 nitrogen and oxygen atoms in total. The summed E-state index contributed by atoms with van der Waals surface area (Å²) in [4.78, 5) is 61.0. The van der Waals surface area contributed by atoms with Crippen LogP contribution in [0.25, 0.3) is 0 Å². The van der Waals surface area contributed by atoms with Crippen LogP contribution in [0.1, 0.15) is 39.3 Å². The van der Waals surface area contributed by atoms with Gasteiger partial charge in [-0.1, -0.05) is 0 Å². The van der Waals surface area contributed by atoms with E-state index in [2.05, 4.69) is 15.3 Å². The first-order valence-corrected chi connectivity index (χ1v) is 10.4. The van der Waals surface area contributed by atoms with Gasteiger partial charge in [-0.2, -0.15) is 0 Å². The second kappa shape index (κ2) is 7.74. The zero-order valence-electron chi connectivity index (χ0n) is 17.1. The van der Waals surface area contributed by atoms with Crippen LogP contribution in [0.4, 0.5) is 10.1 Å². The summed E-state index contributed by atoms with van der Waals surface area (Å²) in [6, 6.07) is 1.84. The van der Waals surface area contributed by atoms with Gasteiger partial charge >= 0.3 is 0 Å². The molecule has 32 heavy (non-hydrogen) atoms. The van der Waals surface area contributed by atoms with Gasteiger partial charge in [-0.25, -0.2) is 9.37 Å². The van der Waals surface area contributed by atoms with Crippen molar-refractivity contribution in [3.63, 3.8) is 0 Å². The number of benzene rings is 1. The Balaban J connectivity index is 1.35. The van der Waals surface area contributed by atoms with E-state index in [1.165, 1.54) is 29.6 Å². The van der Waals surface area contributed by atoms with E-state index in [-0.39, 0.29) is 36.8 Å². The third kappa shape index (κ3) is 3.39. The van der Waals surface area contributed by atoms with Crippen LogP contribution in [-0.2, 0) is 16.1 Å². The van der Waals surface area contributed by atoms with Crippen molar-refractivity contribution in [3.8, 4) is 0 Å². The van der Waals surface area contributed by atoms with E-state index in [0.29, 0.717) is 43.1 Å². The molecule has 0 bridgehead atoms. The number of nitrogens with one attached hydrogen (secondary N) is 2. The predicted molar refractivity (Wildman–Crippen MR) is 109 cm³/mol. The molecule has 2 fully saturated rings. The summed E-state index contributed by atoms with van der Waals surface area (Å²) in [6.45, 7) is 2.00. The fourth-order valence-electron chi connectivity index (χ4n) is 4.58. The maximum atomic E-state index is 14.4. The molecule has 0 saturated carbocycles. The van der Waals surface area contributed by atoms with E-state index in [9.17, 15) is 23.6 Å². The average molecular weight is 440 g/mol. The molecule has 11 heteroatoms. The number of aromatic amines is 1. The topological polar surface area (TPSA) is 119 Å². The molecule has 1 aromatic carbocycles. The van der Waals surface area contributed by atoms with Gasteiger partial charge in [0.25, 0.3) is 11.8 Å². The number of piperazine rings is 1. The number of fused-ring (bicyclic) bond motifs is 1. The van der Waals surface area contributed by atoms with Crippen molar-refractivity contribution in [1.29, 1.82) is 0 Å². The summed E-state index contributed by atoms with van der Waals surface area (Å²) in [5, 5.41) is 2.27. The van der Waals surface area contributed by atoms with Crippen LogP contribution in [0, 0.1) is 5.82 Å². The van der Waals surface area contributed by atoms with E-state index in [4.69, 9.17) is 0 Å². The Morgan fingerprint density at radius 3 is 2.59 bits per heavy atom. The van der Waals surface area contributed by atoms with Gasteiger partial charge in [-0.05, 0) is 18.6 Å². The highest BCUT2D eigenvalue weighted by Crippen LogP contribution is 2.35. The Morgan fingerprint density at radius 2 is 1.91 bits per heavy atom. The van der Waals surface area contributed by atoms with E-state index in [1.807, 2.05) is 4.90 Å². The van der Waals surface area contributed by atoms with Gasteiger partial charge in [-0.3, -0.25) is 24.5 Å². The van der Waals surface area contributed by atoms with Gasteiger partial charge < -0.3 is 19.7 Å². The first-order valence-electron chi connectivity index (χ1n) is 10.4. The molecule has 5 rings (SSSR count). The quantitative estimate of drug-likeness (QED) is 0.662. The van der Waals surface area contributed by atoms with Gasteiger partial charge in [0.15, 0.2) is 0 Å². The summed E-state index contributed by atoms with van der Waals surface area (Å²) in [5.41, 5.74) is 1.91. The van der Waals surface area contributed by atoms with Gasteiger partial charge in [0, 0.05) is 56.0 Å². The summed E-state index contributed by atoms with van der Waals surface area (Å²) in [5.74, 6) is -1.96. The number of halogens is 1. The van der Waals surface area contributed by atoms with Gasteiger partial charge in [-0.15, -0.1) is 0 Å². The molecule has 0 radical (unpaired) electrons. The van der Waals surface area contributed by atoms with Crippen molar-refractivity contribution in [2.24, 2.45) is 0 Å². The van der Waals surface area contributed by atoms with Gasteiger partial charge in [0.1, 0.15) is 17.6 Å². The van der Waals surface area contributed by atoms with Crippen molar-refractivity contribution in [1.82, 2.24) is 25.1 Å². The van der Waals surface area contributed by atoms with Crippen molar-refractivity contribution in [3.05, 3.63) is 47.3 Å². The molecule has 1 atom stereocenters. The maximum Gasteiger partial charge on any atom is 0.272 e. The number of imide groups is 1. The molecule has 0 aliphatic carbocycles. The number of nitrogens with zero attached hydrogens (tertiary/aromatic N) is 4. The zero-order chi connectivity index (χ0) is 22.4. The SMILES string of the molecule is O=C1CCC(N2Cc3c(cc(F)cc3N3CCN(C(=O)c4cnc[nH]4)CC3)C2=O)C(=O)N1. The summed E-state index contributed by atoms with van der Waals surface area (Å²) in [7, 11) is 0. The number of carbonyl (C=O) groups is 4. The molecular weight excluding hydrogens is 419 g/mol. The van der Waals surface area contributed by atoms with E-state index in [1.54, 1.807) is 4.90 Å². The zero-order valence-corrected chi connectivity index (χ0v) is 17.1. The Labute approximate surface area is 182 Å². The van der Waals surface area contributed by atoms with E-state index >= 15 is 0 Å². The van der Waals surface area contributed by atoms with Crippen LogP contribution in [0.2, 0.25) is 0 Å². The largest absolute Gasteiger partial charge is 0.368 e. The molecule has 2 saturated heterocycles. The minimum Gasteiger partial charge on any atom is -0.368 e. The Bertz CT molecular complexity index is 1110. The van der Waals surface area contributed by atoms with Crippen molar-refractivity contribution < 1.29 is 23.6 Å². The highest BCUT2D eigenvalue weighted by molar-refractivity contribution is 6.06. The van der Waals surface area contributed by atoms with Crippen LogP contribution >= 0.6 is 0 Å². The van der Waals surface area contributed by atoms with Crippen LogP contribution in [-0.4, -0.2) is 75.6 Å². The van der Waals surface area contributed by atoms with E-state index < -0.39 is 23.7 Å². The van der Waals surface area contributed by atoms with Crippen molar-refractivity contribution in [2.75, 3.05) is 31.1 Å². The molecule has 1 unspecified atom stereocenters.